The molecule has 1 fully saturated rings. The van der Waals surface area contributed by atoms with E-state index in [0.717, 1.165) is 13.1 Å². The van der Waals surface area contributed by atoms with Gasteiger partial charge in [-0.2, -0.15) is 4.31 Å². The molecule has 0 amide bonds. The number of likely N-dealkylation sites (N-methyl/N-ethyl adjacent to an activating group) is 1. The number of hydrogen-bond donors (Lipinski definition) is 1. The van der Waals surface area contributed by atoms with E-state index in [4.69, 9.17) is 0 Å². The van der Waals surface area contributed by atoms with Gasteiger partial charge in [0.2, 0.25) is 10.0 Å². The van der Waals surface area contributed by atoms with Gasteiger partial charge in [0, 0.05) is 26.2 Å². The molecule has 0 bridgehead atoms. The van der Waals surface area contributed by atoms with E-state index in [0.29, 0.717) is 0 Å². The molecule has 1 saturated heterocycles. The Bertz CT molecular complexity index is 288. The molecule has 0 aromatic heterocycles. The van der Waals surface area contributed by atoms with Crippen molar-refractivity contribution in [2.24, 2.45) is 5.41 Å². The van der Waals surface area contributed by atoms with Gasteiger partial charge in [0.1, 0.15) is 0 Å². The first-order valence-electron chi connectivity index (χ1n) is 4.89. The Balaban J connectivity index is 2.64. The van der Waals surface area contributed by atoms with Crippen LogP contribution in [0.1, 0.15) is 20.8 Å². The Kier molecular flexibility index (Phi) is 3.23. The summed E-state index contributed by atoms with van der Waals surface area (Å²) >= 11 is 0. The molecule has 0 aromatic carbocycles. The van der Waals surface area contributed by atoms with Gasteiger partial charge in [-0.25, -0.2) is 8.42 Å². The fraction of sp³-hybridized carbons (Fsp3) is 1.00. The van der Waals surface area contributed by atoms with Gasteiger partial charge in [-0.15, -0.1) is 0 Å². The lowest BCUT2D eigenvalue weighted by Gasteiger charge is -2.36. The summed E-state index contributed by atoms with van der Waals surface area (Å²) in [5.74, 6) is 0.215. The molecule has 14 heavy (non-hydrogen) atoms. The Morgan fingerprint density at radius 1 is 1.36 bits per heavy atom. The Morgan fingerprint density at radius 3 is 2.14 bits per heavy atom. The van der Waals surface area contributed by atoms with Gasteiger partial charge in [0.05, 0.1) is 5.75 Å². The van der Waals surface area contributed by atoms with Crippen LogP contribution in [-0.2, 0) is 10.0 Å². The molecule has 1 aliphatic heterocycles. The Labute approximate surface area is 86.7 Å². The third-order valence-electron chi connectivity index (χ3n) is 2.33. The zero-order valence-corrected chi connectivity index (χ0v) is 10.2. The lowest BCUT2D eigenvalue weighted by molar-refractivity contribution is 0.270. The molecule has 4 nitrogen and oxygen atoms in total. The van der Waals surface area contributed by atoms with Crippen LogP contribution in [0.2, 0.25) is 0 Å². The Morgan fingerprint density at radius 2 is 1.86 bits per heavy atom. The molecule has 0 saturated carbocycles. The van der Waals surface area contributed by atoms with E-state index in [2.05, 4.69) is 5.32 Å². The highest BCUT2D eigenvalue weighted by molar-refractivity contribution is 7.89. The molecule has 1 heterocycles. The second-order valence-electron chi connectivity index (χ2n) is 5.15. The van der Waals surface area contributed by atoms with Crippen molar-refractivity contribution in [1.29, 1.82) is 0 Å². The van der Waals surface area contributed by atoms with Crippen LogP contribution in [0.15, 0.2) is 0 Å². The van der Waals surface area contributed by atoms with E-state index in [9.17, 15) is 8.42 Å². The lowest BCUT2D eigenvalue weighted by atomic mass is 10.0. The van der Waals surface area contributed by atoms with Crippen LogP contribution in [0, 0.1) is 5.41 Å². The van der Waals surface area contributed by atoms with Crippen LogP contribution in [-0.4, -0.2) is 44.7 Å². The predicted octanol–water partition coefficient (Wildman–Crippen LogP) is 0.266. The largest absolute Gasteiger partial charge is 0.313 e. The van der Waals surface area contributed by atoms with Crippen molar-refractivity contribution in [2.75, 3.05) is 25.9 Å². The van der Waals surface area contributed by atoms with E-state index in [1.54, 1.807) is 7.05 Å². The van der Waals surface area contributed by atoms with Gasteiger partial charge in [0.15, 0.2) is 0 Å². The third-order valence-corrected chi connectivity index (χ3v) is 4.73. The predicted molar refractivity (Wildman–Crippen MR) is 57.7 cm³/mol. The molecular formula is C9H20N2O2S. The average Bonchev–Trinajstić information content (AvgIpc) is 1.76. The minimum Gasteiger partial charge on any atom is -0.313 e. The number of sulfonamides is 1. The van der Waals surface area contributed by atoms with Crippen LogP contribution < -0.4 is 5.32 Å². The highest BCUT2D eigenvalue weighted by Gasteiger charge is 2.32. The normalized spacial score (nSPS) is 19.8. The van der Waals surface area contributed by atoms with E-state index < -0.39 is 10.0 Å². The molecule has 1 rings (SSSR count). The maximum atomic E-state index is 11.9. The van der Waals surface area contributed by atoms with Gasteiger partial charge in [-0.1, -0.05) is 20.8 Å². The molecule has 0 aliphatic carbocycles. The minimum atomic E-state index is -3.08. The quantitative estimate of drug-likeness (QED) is 0.742. The maximum Gasteiger partial charge on any atom is 0.214 e. The van der Waals surface area contributed by atoms with Gasteiger partial charge >= 0.3 is 0 Å². The Hall–Kier alpha value is -0.130. The van der Waals surface area contributed by atoms with Crippen molar-refractivity contribution in [1.82, 2.24) is 9.62 Å². The standard InChI is InChI=1S/C9H20N2O2S/c1-9(2,3)7-14(12,13)11(4)8-5-10-6-8/h8,10H,5-7H2,1-4H3. The topological polar surface area (TPSA) is 49.4 Å². The summed E-state index contributed by atoms with van der Waals surface area (Å²) in [6, 6.07) is 0.155. The van der Waals surface area contributed by atoms with Crippen LogP contribution in [0.25, 0.3) is 0 Å². The average molecular weight is 220 g/mol. The first kappa shape index (κ1) is 11.9. The number of nitrogens with zero attached hydrogens (tertiary/aromatic N) is 1. The summed E-state index contributed by atoms with van der Waals surface area (Å²) in [5, 5.41) is 3.07. The highest BCUT2D eigenvalue weighted by Crippen LogP contribution is 2.19. The molecule has 1 N–H and O–H groups in total. The number of rotatable bonds is 3. The SMILES string of the molecule is CN(C1CNC1)S(=O)(=O)CC(C)(C)C. The first-order valence-corrected chi connectivity index (χ1v) is 6.50. The monoisotopic (exact) mass is 220 g/mol. The van der Waals surface area contributed by atoms with Crippen LogP contribution in [0.4, 0.5) is 0 Å². The van der Waals surface area contributed by atoms with Gasteiger partial charge < -0.3 is 5.32 Å². The van der Waals surface area contributed by atoms with Crippen molar-refractivity contribution in [3.8, 4) is 0 Å². The molecule has 5 heteroatoms. The minimum absolute atomic E-state index is 0.155. The second kappa shape index (κ2) is 3.79. The van der Waals surface area contributed by atoms with Crippen molar-refractivity contribution < 1.29 is 8.42 Å². The zero-order chi connectivity index (χ0) is 11.0. The van der Waals surface area contributed by atoms with Gasteiger partial charge in [-0.05, 0) is 5.41 Å². The van der Waals surface area contributed by atoms with Gasteiger partial charge in [0.25, 0.3) is 0 Å². The van der Waals surface area contributed by atoms with Crippen LogP contribution >= 0.6 is 0 Å². The molecule has 0 aromatic rings. The molecule has 0 spiro atoms. The molecule has 84 valence electrons. The smallest absolute Gasteiger partial charge is 0.214 e. The summed E-state index contributed by atoms with van der Waals surface area (Å²) in [5.41, 5.74) is -0.176. The zero-order valence-electron chi connectivity index (χ0n) is 9.37. The number of nitrogens with one attached hydrogen (secondary N) is 1. The first-order chi connectivity index (χ1) is 6.22. The summed E-state index contributed by atoms with van der Waals surface area (Å²) < 4.78 is 25.3. The van der Waals surface area contributed by atoms with Crippen molar-refractivity contribution in [3.63, 3.8) is 0 Å². The fourth-order valence-corrected chi connectivity index (χ4v) is 3.31. The van der Waals surface area contributed by atoms with Crippen molar-refractivity contribution >= 4 is 10.0 Å². The summed E-state index contributed by atoms with van der Waals surface area (Å²) in [6.07, 6.45) is 0. The summed E-state index contributed by atoms with van der Waals surface area (Å²) in [7, 11) is -1.41. The van der Waals surface area contributed by atoms with Crippen LogP contribution in [0.5, 0.6) is 0 Å². The van der Waals surface area contributed by atoms with E-state index in [1.807, 2.05) is 20.8 Å². The lowest BCUT2D eigenvalue weighted by Crippen LogP contribution is -2.58. The van der Waals surface area contributed by atoms with E-state index in [-0.39, 0.29) is 17.2 Å². The molecule has 0 unspecified atom stereocenters. The highest BCUT2D eigenvalue weighted by atomic mass is 32.2. The van der Waals surface area contributed by atoms with Crippen LogP contribution in [0.3, 0.4) is 0 Å². The third kappa shape index (κ3) is 2.93. The van der Waals surface area contributed by atoms with E-state index in [1.165, 1.54) is 4.31 Å². The van der Waals surface area contributed by atoms with Crippen molar-refractivity contribution in [2.45, 2.75) is 26.8 Å². The molecule has 0 radical (unpaired) electrons. The second-order valence-corrected chi connectivity index (χ2v) is 7.17. The molecule has 0 atom stereocenters. The maximum absolute atomic E-state index is 11.9. The molecule has 1 aliphatic rings. The van der Waals surface area contributed by atoms with Gasteiger partial charge in [-0.3, -0.25) is 0 Å². The fourth-order valence-electron chi connectivity index (χ4n) is 1.41. The van der Waals surface area contributed by atoms with E-state index >= 15 is 0 Å². The van der Waals surface area contributed by atoms with Crippen molar-refractivity contribution in [3.05, 3.63) is 0 Å². The summed E-state index contributed by atoms with van der Waals surface area (Å²) in [6.45, 7) is 7.38. The number of hydrogen-bond acceptors (Lipinski definition) is 3. The molecular weight excluding hydrogens is 200 g/mol. The summed E-state index contributed by atoms with van der Waals surface area (Å²) in [4.78, 5) is 0.